The van der Waals surface area contributed by atoms with Crippen LogP contribution in [0.5, 0.6) is 11.5 Å². The Balaban J connectivity index is 1.76. The highest BCUT2D eigenvalue weighted by molar-refractivity contribution is 6.32. The summed E-state index contributed by atoms with van der Waals surface area (Å²) in [5.74, 6) is 3.05. The Hall–Kier alpha value is -2.71. The van der Waals surface area contributed by atoms with Gasteiger partial charge >= 0.3 is 0 Å². The highest BCUT2D eigenvalue weighted by atomic mass is 35.5. The van der Waals surface area contributed by atoms with Crippen molar-refractivity contribution >= 4 is 23.2 Å². The first kappa shape index (κ1) is 27.8. The lowest BCUT2D eigenvalue weighted by molar-refractivity contribution is -0.119. The minimum Gasteiger partial charge on any atom is -0.493 e. The number of rotatable bonds is 5. The second-order valence-electron chi connectivity index (χ2n) is 13.2. The monoisotopic (exact) mass is 549 g/mol. The molecule has 0 unspecified atom stereocenters. The summed E-state index contributed by atoms with van der Waals surface area (Å²) in [5, 5.41) is 0.353. The van der Waals surface area contributed by atoms with Gasteiger partial charge in [0.25, 0.3) is 0 Å². The number of halogens is 1. The van der Waals surface area contributed by atoms with E-state index >= 15 is 0 Å². The van der Waals surface area contributed by atoms with Crippen LogP contribution in [0.15, 0.2) is 34.7 Å². The Bertz CT molecular complexity index is 1250. The van der Waals surface area contributed by atoms with E-state index in [0.717, 1.165) is 53.8 Å². The first-order chi connectivity index (χ1) is 18.5. The summed E-state index contributed by atoms with van der Waals surface area (Å²) >= 11 is 6.75. The predicted molar refractivity (Wildman–Crippen MR) is 154 cm³/mol. The molecule has 1 fully saturated rings. The maximum Gasteiger partial charge on any atom is 0.181 e. The maximum atomic E-state index is 14.1. The molecular formula is C33H40ClNO4. The fourth-order valence-electron chi connectivity index (χ4n) is 7.27. The SMILES string of the molecule is C#CCOc1c(Cl)cc(C2C3=C(CC(C)(C)CC3=O)N(C3CCCCC3)C3=C2C(=O)CC(C)(C)C3)cc1OC. The van der Waals surface area contributed by atoms with E-state index in [1.165, 1.54) is 19.3 Å². The molecule has 1 saturated carbocycles. The van der Waals surface area contributed by atoms with E-state index in [-0.39, 0.29) is 29.0 Å². The van der Waals surface area contributed by atoms with Crippen LogP contribution in [-0.2, 0) is 9.59 Å². The van der Waals surface area contributed by atoms with Crippen molar-refractivity contribution in [1.29, 1.82) is 0 Å². The zero-order chi connectivity index (χ0) is 28.1. The summed E-state index contributed by atoms with van der Waals surface area (Å²) in [5.41, 5.74) is 4.24. The zero-order valence-electron chi connectivity index (χ0n) is 23.9. The van der Waals surface area contributed by atoms with Crippen LogP contribution < -0.4 is 9.47 Å². The summed E-state index contributed by atoms with van der Waals surface area (Å²) in [7, 11) is 1.56. The zero-order valence-corrected chi connectivity index (χ0v) is 24.7. The van der Waals surface area contributed by atoms with Crippen LogP contribution in [0.1, 0.15) is 97.0 Å². The molecular weight excluding hydrogens is 510 g/mol. The molecule has 1 aliphatic heterocycles. The second-order valence-corrected chi connectivity index (χ2v) is 13.6. The Morgan fingerprint density at radius 3 is 2.03 bits per heavy atom. The summed E-state index contributed by atoms with van der Waals surface area (Å²) < 4.78 is 11.4. The topological polar surface area (TPSA) is 55.8 Å². The molecule has 0 bridgehead atoms. The molecule has 4 aliphatic rings. The molecule has 0 aromatic heterocycles. The number of benzene rings is 1. The van der Waals surface area contributed by atoms with Crippen molar-refractivity contribution in [3.05, 3.63) is 45.3 Å². The van der Waals surface area contributed by atoms with Gasteiger partial charge in [0, 0.05) is 47.3 Å². The van der Waals surface area contributed by atoms with Gasteiger partial charge in [-0.15, -0.1) is 6.42 Å². The number of carbonyl (C=O) groups is 2. The van der Waals surface area contributed by atoms with E-state index in [1.54, 1.807) is 7.11 Å². The predicted octanol–water partition coefficient (Wildman–Crippen LogP) is 7.38. The lowest BCUT2D eigenvalue weighted by atomic mass is 9.63. The van der Waals surface area contributed by atoms with Gasteiger partial charge in [0.1, 0.15) is 6.61 Å². The average Bonchev–Trinajstić information content (AvgIpc) is 2.85. The fraction of sp³-hybridized carbons (Fsp3) is 0.576. The standard InChI is InChI=1S/C33H40ClNO4/c1-7-13-39-31-22(34)14-20(15-27(31)38-6)28-29-23(16-32(2,3)18-25(29)36)35(21-11-9-8-10-12-21)24-17-33(4,5)19-26(37)30(24)28/h1,14-15,21,28H,8-13,16-19H2,2-6H3. The molecule has 0 amide bonds. The summed E-state index contributed by atoms with van der Waals surface area (Å²) in [6.45, 7) is 8.78. The highest BCUT2D eigenvalue weighted by Crippen LogP contribution is 2.56. The lowest BCUT2D eigenvalue weighted by Crippen LogP contribution is -2.48. The van der Waals surface area contributed by atoms with Crippen LogP contribution in [0, 0.1) is 23.2 Å². The number of allylic oxidation sites excluding steroid dienone is 4. The highest BCUT2D eigenvalue weighted by Gasteiger charge is 2.50. The van der Waals surface area contributed by atoms with Gasteiger partial charge in [0.05, 0.1) is 12.1 Å². The van der Waals surface area contributed by atoms with Gasteiger partial charge in [-0.25, -0.2) is 0 Å². The van der Waals surface area contributed by atoms with Gasteiger partial charge in [-0.3, -0.25) is 9.59 Å². The Labute approximate surface area is 237 Å². The van der Waals surface area contributed by atoms with Crippen LogP contribution in [0.4, 0.5) is 0 Å². The summed E-state index contributed by atoms with van der Waals surface area (Å²) in [6, 6.07) is 4.01. The lowest BCUT2D eigenvalue weighted by Gasteiger charge is -2.52. The Kier molecular flexibility index (Phi) is 7.40. The second kappa shape index (κ2) is 10.4. The minimum atomic E-state index is -0.477. The maximum absolute atomic E-state index is 14.1. The van der Waals surface area contributed by atoms with E-state index in [4.69, 9.17) is 27.5 Å². The third kappa shape index (κ3) is 5.13. The third-order valence-electron chi connectivity index (χ3n) is 8.78. The fourth-order valence-corrected chi connectivity index (χ4v) is 7.54. The van der Waals surface area contributed by atoms with Crippen molar-refractivity contribution in [3.8, 4) is 23.8 Å². The average molecular weight is 550 g/mol. The van der Waals surface area contributed by atoms with Gasteiger partial charge in [0.2, 0.25) is 0 Å². The van der Waals surface area contributed by atoms with Gasteiger partial charge in [-0.2, -0.15) is 0 Å². The van der Waals surface area contributed by atoms with E-state index in [9.17, 15) is 9.59 Å². The normalized spacial score (nSPS) is 23.4. The molecule has 3 aliphatic carbocycles. The van der Waals surface area contributed by atoms with Gasteiger partial charge in [-0.1, -0.05) is 64.5 Å². The van der Waals surface area contributed by atoms with Crippen LogP contribution in [-0.4, -0.2) is 36.2 Å². The molecule has 5 rings (SSSR count). The van der Waals surface area contributed by atoms with Crippen molar-refractivity contribution in [1.82, 2.24) is 4.90 Å². The third-order valence-corrected chi connectivity index (χ3v) is 9.06. The molecule has 1 aromatic rings. The largest absolute Gasteiger partial charge is 0.493 e. The number of hydrogen-bond acceptors (Lipinski definition) is 5. The van der Waals surface area contributed by atoms with E-state index < -0.39 is 5.92 Å². The van der Waals surface area contributed by atoms with Crippen LogP contribution in [0.25, 0.3) is 0 Å². The first-order valence-electron chi connectivity index (χ1n) is 14.2. The minimum absolute atomic E-state index is 0.0565. The van der Waals surface area contributed by atoms with Gasteiger partial charge < -0.3 is 14.4 Å². The van der Waals surface area contributed by atoms with E-state index in [2.05, 4.69) is 38.5 Å². The molecule has 208 valence electrons. The molecule has 0 N–H and O–H groups in total. The van der Waals surface area contributed by atoms with Crippen molar-refractivity contribution in [2.24, 2.45) is 10.8 Å². The molecule has 1 aromatic carbocycles. The van der Waals surface area contributed by atoms with Crippen molar-refractivity contribution in [2.75, 3.05) is 13.7 Å². The molecule has 0 spiro atoms. The quantitative estimate of drug-likeness (QED) is 0.359. The van der Waals surface area contributed by atoms with Gasteiger partial charge in [-0.05, 0) is 54.2 Å². The van der Waals surface area contributed by atoms with Crippen molar-refractivity contribution < 1.29 is 19.1 Å². The Morgan fingerprint density at radius 2 is 1.51 bits per heavy atom. The number of hydrogen-bond donors (Lipinski definition) is 0. The number of nitrogens with zero attached hydrogens (tertiary/aromatic N) is 1. The smallest absolute Gasteiger partial charge is 0.181 e. The molecule has 39 heavy (non-hydrogen) atoms. The van der Waals surface area contributed by atoms with Crippen LogP contribution in [0.2, 0.25) is 5.02 Å². The van der Waals surface area contributed by atoms with E-state index in [1.807, 2.05) is 12.1 Å². The summed E-state index contributed by atoms with van der Waals surface area (Å²) in [6.07, 6.45) is 13.7. The summed E-state index contributed by atoms with van der Waals surface area (Å²) in [4.78, 5) is 30.6. The number of methoxy groups -OCH3 is 1. The van der Waals surface area contributed by atoms with Crippen molar-refractivity contribution in [2.45, 2.75) is 97.4 Å². The molecule has 1 heterocycles. The van der Waals surface area contributed by atoms with Crippen LogP contribution >= 0.6 is 11.6 Å². The molecule has 5 nitrogen and oxygen atoms in total. The molecule has 0 saturated heterocycles. The number of terminal acetylenes is 1. The number of carbonyl (C=O) groups excluding carboxylic acids is 2. The Morgan fingerprint density at radius 1 is 0.949 bits per heavy atom. The number of ether oxygens (including phenoxy) is 2. The number of ketones is 2. The van der Waals surface area contributed by atoms with Crippen molar-refractivity contribution in [3.63, 3.8) is 0 Å². The molecule has 6 heteroatoms. The molecule has 0 radical (unpaired) electrons. The molecule has 0 atom stereocenters. The number of Topliss-reactive ketones (excluding diaryl/α,β-unsaturated/α-hetero) is 2. The first-order valence-corrected chi connectivity index (χ1v) is 14.6. The van der Waals surface area contributed by atoms with E-state index in [0.29, 0.717) is 35.4 Å². The van der Waals surface area contributed by atoms with Gasteiger partial charge in [0.15, 0.2) is 23.1 Å². The van der Waals surface area contributed by atoms with Crippen LogP contribution in [0.3, 0.4) is 0 Å².